The predicted molar refractivity (Wildman–Crippen MR) is 54.1 cm³/mol. The zero-order valence-corrected chi connectivity index (χ0v) is 8.86. The van der Waals surface area contributed by atoms with E-state index < -0.39 is 22.8 Å². The Morgan fingerprint density at radius 3 is 2.82 bits per heavy atom. The molecule has 2 N–H and O–H groups in total. The molecule has 92 valence electrons. The minimum absolute atomic E-state index is 0.232. The summed E-state index contributed by atoms with van der Waals surface area (Å²) in [6.07, 6.45) is 2.10. The normalized spacial score (nSPS) is 11.8. The maximum atomic E-state index is 11.3. The summed E-state index contributed by atoms with van der Waals surface area (Å²) < 4.78 is 1.06. The number of carbonyl (C=O) groups is 2. The van der Waals surface area contributed by atoms with Gasteiger partial charge in [-0.25, -0.2) is 0 Å². The first kappa shape index (κ1) is 12.6. The molecule has 1 rings (SSSR count). The predicted octanol–water partition coefficient (Wildman–Crippen LogP) is -0.619. The number of hydrogen-bond donors (Lipinski definition) is 2. The van der Waals surface area contributed by atoms with Crippen LogP contribution in [0.4, 0.5) is 5.69 Å². The lowest BCUT2D eigenvalue weighted by Crippen LogP contribution is -2.40. The van der Waals surface area contributed by atoms with Gasteiger partial charge < -0.3 is 10.4 Å². The molecule has 9 heteroatoms. The Labute approximate surface area is 95.2 Å². The Balaban J connectivity index is 2.56. The summed E-state index contributed by atoms with van der Waals surface area (Å²) in [4.78, 5) is 31.5. The van der Waals surface area contributed by atoms with Crippen molar-refractivity contribution in [1.82, 2.24) is 15.1 Å². The zero-order valence-electron chi connectivity index (χ0n) is 8.86. The van der Waals surface area contributed by atoms with E-state index in [2.05, 4.69) is 10.4 Å². The first-order valence-corrected chi connectivity index (χ1v) is 4.59. The minimum atomic E-state index is -1.16. The topological polar surface area (TPSA) is 127 Å². The van der Waals surface area contributed by atoms with Crippen LogP contribution < -0.4 is 5.32 Å². The third-order valence-corrected chi connectivity index (χ3v) is 1.88. The van der Waals surface area contributed by atoms with Gasteiger partial charge in [0.2, 0.25) is 5.91 Å². The van der Waals surface area contributed by atoms with Crippen LogP contribution >= 0.6 is 0 Å². The molecule has 17 heavy (non-hydrogen) atoms. The van der Waals surface area contributed by atoms with E-state index in [4.69, 9.17) is 5.11 Å². The lowest BCUT2D eigenvalue weighted by molar-refractivity contribution is -0.385. The van der Waals surface area contributed by atoms with Crippen LogP contribution in [0.1, 0.15) is 6.92 Å². The summed E-state index contributed by atoms with van der Waals surface area (Å²) in [7, 11) is 0. The molecule has 0 bridgehead atoms. The molecule has 1 heterocycles. The molecular formula is C8H10N4O5. The SMILES string of the molecule is C[C@H](NC(=O)Cn1cc([N+](=O)[O-])cn1)C(=O)O. The molecule has 0 aliphatic rings. The third kappa shape index (κ3) is 3.55. The lowest BCUT2D eigenvalue weighted by atomic mass is 10.3. The fraction of sp³-hybridized carbons (Fsp3) is 0.375. The van der Waals surface area contributed by atoms with E-state index in [-0.39, 0.29) is 12.2 Å². The first-order valence-electron chi connectivity index (χ1n) is 4.59. The Morgan fingerprint density at radius 2 is 2.35 bits per heavy atom. The van der Waals surface area contributed by atoms with Crippen molar-refractivity contribution >= 4 is 17.6 Å². The zero-order chi connectivity index (χ0) is 13.0. The summed E-state index contributed by atoms with van der Waals surface area (Å²) in [5.74, 6) is -1.75. The van der Waals surface area contributed by atoms with E-state index in [9.17, 15) is 19.7 Å². The number of carbonyl (C=O) groups excluding carboxylic acids is 1. The third-order valence-electron chi connectivity index (χ3n) is 1.88. The number of nitrogens with zero attached hydrogens (tertiary/aromatic N) is 3. The number of hydrogen-bond acceptors (Lipinski definition) is 5. The Hall–Kier alpha value is -2.45. The molecule has 0 saturated carbocycles. The Morgan fingerprint density at radius 1 is 1.71 bits per heavy atom. The van der Waals surface area contributed by atoms with Crippen molar-refractivity contribution in [2.45, 2.75) is 19.5 Å². The highest BCUT2D eigenvalue weighted by Crippen LogP contribution is 2.07. The van der Waals surface area contributed by atoms with Crippen molar-refractivity contribution in [2.75, 3.05) is 0 Å². The summed E-state index contributed by atoms with van der Waals surface area (Å²) in [6, 6.07) is -1.02. The van der Waals surface area contributed by atoms with Crippen molar-refractivity contribution in [2.24, 2.45) is 0 Å². The largest absolute Gasteiger partial charge is 0.480 e. The number of nitro groups is 1. The Kier molecular flexibility index (Phi) is 3.75. The van der Waals surface area contributed by atoms with Gasteiger partial charge >= 0.3 is 11.7 Å². The van der Waals surface area contributed by atoms with Gasteiger partial charge in [-0.1, -0.05) is 0 Å². The molecule has 0 aliphatic heterocycles. The molecule has 0 aromatic carbocycles. The summed E-state index contributed by atoms with van der Waals surface area (Å²) in [6.45, 7) is 1.04. The van der Waals surface area contributed by atoms with Crippen molar-refractivity contribution in [3.8, 4) is 0 Å². The molecule has 0 saturated heterocycles. The van der Waals surface area contributed by atoms with Gasteiger partial charge in [-0.05, 0) is 6.92 Å². The van der Waals surface area contributed by atoms with Gasteiger partial charge in [-0.2, -0.15) is 5.10 Å². The molecular weight excluding hydrogens is 232 g/mol. The van der Waals surface area contributed by atoms with E-state index in [0.717, 1.165) is 17.1 Å². The molecule has 0 unspecified atom stereocenters. The number of aromatic nitrogens is 2. The average molecular weight is 242 g/mol. The summed E-state index contributed by atoms with van der Waals surface area (Å²) in [5, 5.41) is 24.7. The van der Waals surface area contributed by atoms with Crippen molar-refractivity contribution in [3.05, 3.63) is 22.5 Å². The maximum absolute atomic E-state index is 11.3. The molecule has 1 aromatic rings. The van der Waals surface area contributed by atoms with Crippen LogP contribution in [0.5, 0.6) is 0 Å². The fourth-order valence-electron chi connectivity index (χ4n) is 1.03. The minimum Gasteiger partial charge on any atom is -0.480 e. The van der Waals surface area contributed by atoms with Gasteiger partial charge in [-0.15, -0.1) is 0 Å². The molecule has 0 aliphatic carbocycles. The van der Waals surface area contributed by atoms with E-state index in [1.165, 1.54) is 6.92 Å². The van der Waals surface area contributed by atoms with E-state index in [1.807, 2.05) is 0 Å². The second kappa shape index (κ2) is 5.05. The first-order chi connectivity index (χ1) is 7.90. The lowest BCUT2D eigenvalue weighted by Gasteiger charge is -2.08. The van der Waals surface area contributed by atoms with Gasteiger partial charge in [0.25, 0.3) is 0 Å². The van der Waals surface area contributed by atoms with Gasteiger partial charge in [-0.3, -0.25) is 24.4 Å². The summed E-state index contributed by atoms with van der Waals surface area (Å²) in [5.41, 5.74) is -0.232. The highest BCUT2D eigenvalue weighted by molar-refractivity contribution is 5.82. The van der Waals surface area contributed by atoms with Crippen molar-refractivity contribution in [1.29, 1.82) is 0 Å². The number of carboxylic acids is 1. The van der Waals surface area contributed by atoms with Crippen LogP contribution in [0.25, 0.3) is 0 Å². The van der Waals surface area contributed by atoms with Crippen LogP contribution in [0.15, 0.2) is 12.4 Å². The molecule has 1 atom stereocenters. The molecule has 9 nitrogen and oxygen atoms in total. The van der Waals surface area contributed by atoms with Gasteiger partial charge in [0.05, 0.1) is 4.92 Å². The number of amides is 1. The van der Waals surface area contributed by atoms with E-state index in [0.29, 0.717) is 0 Å². The van der Waals surface area contributed by atoms with Gasteiger partial charge in [0.15, 0.2) is 0 Å². The monoisotopic (exact) mass is 242 g/mol. The van der Waals surface area contributed by atoms with Crippen molar-refractivity contribution in [3.63, 3.8) is 0 Å². The molecule has 0 spiro atoms. The quantitative estimate of drug-likeness (QED) is 0.523. The average Bonchev–Trinajstić information content (AvgIpc) is 2.65. The van der Waals surface area contributed by atoms with Crippen molar-refractivity contribution < 1.29 is 19.6 Å². The van der Waals surface area contributed by atoms with E-state index >= 15 is 0 Å². The number of aliphatic carboxylic acids is 1. The number of carboxylic acid groups (broad SMARTS) is 1. The number of rotatable bonds is 5. The standard InChI is InChI=1S/C8H10N4O5/c1-5(8(14)15)10-7(13)4-11-3-6(2-9-11)12(16)17/h2-3,5H,4H2,1H3,(H,10,13)(H,14,15)/t5-/m0/s1. The van der Waals surface area contributed by atoms with Crippen LogP contribution in [-0.2, 0) is 16.1 Å². The van der Waals surface area contributed by atoms with E-state index in [1.54, 1.807) is 0 Å². The fourth-order valence-corrected chi connectivity index (χ4v) is 1.03. The summed E-state index contributed by atoms with van der Waals surface area (Å²) >= 11 is 0. The van der Waals surface area contributed by atoms with Gasteiger partial charge in [0, 0.05) is 0 Å². The second-order valence-corrected chi connectivity index (χ2v) is 3.28. The highest BCUT2D eigenvalue weighted by Gasteiger charge is 2.15. The highest BCUT2D eigenvalue weighted by atomic mass is 16.6. The molecule has 0 radical (unpaired) electrons. The second-order valence-electron chi connectivity index (χ2n) is 3.28. The van der Waals surface area contributed by atoms with Crippen LogP contribution in [0.2, 0.25) is 0 Å². The molecule has 1 aromatic heterocycles. The molecule has 1 amide bonds. The molecule has 0 fully saturated rings. The van der Waals surface area contributed by atoms with Gasteiger partial charge in [0.1, 0.15) is 25.0 Å². The van der Waals surface area contributed by atoms with Crippen LogP contribution in [0, 0.1) is 10.1 Å². The maximum Gasteiger partial charge on any atom is 0.325 e. The Bertz CT molecular complexity index is 455. The van der Waals surface area contributed by atoms with Crippen LogP contribution in [0.3, 0.4) is 0 Å². The smallest absolute Gasteiger partial charge is 0.325 e. The number of nitrogens with one attached hydrogen (secondary N) is 1. The van der Waals surface area contributed by atoms with Crippen LogP contribution in [-0.4, -0.2) is 37.7 Å².